The number of imidazole rings is 1. The van der Waals surface area contributed by atoms with Crippen molar-refractivity contribution in [3.63, 3.8) is 0 Å². The Morgan fingerprint density at radius 3 is 2.52 bits per heavy atom. The van der Waals surface area contributed by atoms with E-state index in [9.17, 15) is 4.79 Å². The molecule has 0 aliphatic carbocycles. The maximum atomic E-state index is 12.5. The Hall–Kier alpha value is -3.40. The molecule has 0 aliphatic rings. The monoisotopic (exact) mass is 327 g/mol. The number of carbonyl (C=O) groups is 1. The maximum Gasteiger partial charge on any atom is 0.255 e. The minimum Gasteiger partial charge on any atom is -0.322 e. The molecule has 0 bridgehead atoms. The number of nitrogens with zero attached hydrogens (tertiary/aromatic N) is 2. The largest absolute Gasteiger partial charge is 0.322 e. The molecule has 25 heavy (non-hydrogen) atoms. The summed E-state index contributed by atoms with van der Waals surface area (Å²) in [7, 11) is 0. The summed E-state index contributed by atoms with van der Waals surface area (Å²) < 4.78 is 1.92. The van der Waals surface area contributed by atoms with Gasteiger partial charge in [0.05, 0.1) is 5.69 Å². The molecule has 2 aromatic heterocycles. The van der Waals surface area contributed by atoms with Crippen LogP contribution in [0.3, 0.4) is 0 Å². The van der Waals surface area contributed by atoms with Crippen LogP contribution < -0.4 is 5.32 Å². The number of aromatic nitrogens is 2. The van der Waals surface area contributed by atoms with Crippen molar-refractivity contribution in [2.75, 3.05) is 5.32 Å². The minimum absolute atomic E-state index is 0.143. The summed E-state index contributed by atoms with van der Waals surface area (Å²) in [6.07, 6.45) is 3.82. The quantitative estimate of drug-likeness (QED) is 0.599. The fourth-order valence-electron chi connectivity index (χ4n) is 2.71. The lowest BCUT2D eigenvalue weighted by Crippen LogP contribution is -2.12. The van der Waals surface area contributed by atoms with Gasteiger partial charge >= 0.3 is 0 Å². The molecule has 4 rings (SSSR count). The second-order valence-electron chi connectivity index (χ2n) is 5.99. The summed E-state index contributed by atoms with van der Waals surface area (Å²) in [5, 5.41) is 2.91. The van der Waals surface area contributed by atoms with Crippen molar-refractivity contribution in [1.82, 2.24) is 9.38 Å². The number of fused-ring (bicyclic) bond motifs is 1. The fourth-order valence-corrected chi connectivity index (χ4v) is 2.71. The molecule has 4 nitrogen and oxygen atoms in total. The van der Waals surface area contributed by atoms with Gasteiger partial charge in [-0.3, -0.25) is 4.79 Å². The first-order valence-electron chi connectivity index (χ1n) is 8.11. The van der Waals surface area contributed by atoms with Gasteiger partial charge in [0, 0.05) is 29.2 Å². The highest BCUT2D eigenvalue weighted by atomic mass is 16.1. The summed E-state index contributed by atoms with van der Waals surface area (Å²) in [5.74, 6) is -0.143. The van der Waals surface area contributed by atoms with Crippen LogP contribution in [0.2, 0.25) is 0 Å². The summed E-state index contributed by atoms with van der Waals surface area (Å²) in [6.45, 7) is 2.02. The maximum absolute atomic E-state index is 12.5. The second kappa shape index (κ2) is 6.24. The number of nitrogens with one attached hydrogen (secondary N) is 1. The number of amides is 1. The van der Waals surface area contributed by atoms with Crippen LogP contribution in [-0.2, 0) is 0 Å². The molecule has 4 aromatic rings. The predicted octanol–water partition coefficient (Wildman–Crippen LogP) is 4.56. The summed E-state index contributed by atoms with van der Waals surface area (Å²) in [4.78, 5) is 17.1. The first kappa shape index (κ1) is 15.1. The highest BCUT2D eigenvalue weighted by Gasteiger charge is 2.09. The Morgan fingerprint density at radius 1 is 1.00 bits per heavy atom. The van der Waals surface area contributed by atoms with Crippen molar-refractivity contribution in [1.29, 1.82) is 0 Å². The Labute approximate surface area is 145 Å². The van der Waals surface area contributed by atoms with Crippen molar-refractivity contribution in [2.45, 2.75) is 6.92 Å². The van der Waals surface area contributed by atoms with Gasteiger partial charge in [-0.15, -0.1) is 0 Å². The lowest BCUT2D eigenvalue weighted by molar-refractivity contribution is 0.102. The molecule has 1 amide bonds. The van der Waals surface area contributed by atoms with E-state index in [4.69, 9.17) is 0 Å². The van der Waals surface area contributed by atoms with Crippen LogP contribution in [0.5, 0.6) is 0 Å². The molecule has 0 saturated heterocycles. The van der Waals surface area contributed by atoms with Gasteiger partial charge in [0.2, 0.25) is 0 Å². The zero-order valence-electron chi connectivity index (χ0n) is 13.8. The molecule has 0 spiro atoms. The smallest absolute Gasteiger partial charge is 0.255 e. The van der Waals surface area contributed by atoms with Crippen LogP contribution in [-0.4, -0.2) is 15.3 Å². The molecular formula is C21H17N3O. The number of hydrogen-bond donors (Lipinski definition) is 1. The zero-order valence-corrected chi connectivity index (χ0v) is 13.8. The predicted molar refractivity (Wildman–Crippen MR) is 99.8 cm³/mol. The third-order valence-corrected chi connectivity index (χ3v) is 4.10. The number of anilines is 1. The average molecular weight is 327 g/mol. The van der Waals surface area contributed by atoms with Gasteiger partial charge in [0.1, 0.15) is 5.65 Å². The second-order valence-corrected chi connectivity index (χ2v) is 5.99. The first-order chi connectivity index (χ1) is 12.2. The van der Waals surface area contributed by atoms with E-state index in [1.54, 1.807) is 12.1 Å². The van der Waals surface area contributed by atoms with Crippen molar-refractivity contribution in [3.8, 4) is 11.3 Å². The molecule has 2 heterocycles. The van der Waals surface area contributed by atoms with Crippen LogP contribution in [0.15, 0.2) is 79.1 Å². The van der Waals surface area contributed by atoms with Gasteiger partial charge in [0.15, 0.2) is 0 Å². The minimum atomic E-state index is -0.143. The highest BCUT2D eigenvalue weighted by molar-refractivity contribution is 6.04. The lowest BCUT2D eigenvalue weighted by Gasteiger charge is -2.05. The molecule has 0 unspecified atom stereocenters. The fraction of sp³-hybridized carbons (Fsp3) is 0.0476. The highest BCUT2D eigenvalue weighted by Crippen LogP contribution is 2.19. The van der Waals surface area contributed by atoms with Crippen LogP contribution in [0.1, 0.15) is 15.9 Å². The lowest BCUT2D eigenvalue weighted by atomic mass is 10.2. The normalized spacial score (nSPS) is 10.8. The number of rotatable bonds is 3. The molecule has 0 saturated carbocycles. The Bertz CT molecular complexity index is 1030. The first-order valence-corrected chi connectivity index (χ1v) is 8.11. The van der Waals surface area contributed by atoms with E-state index >= 15 is 0 Å². The van der Waals surface area contributed by atoms with Crippen molar-refractivity contribution in [2.24, 2.45) is 0 Å². The number of hydrogen-bond acceptors (Lipinski definition) is 2. The van der Waals surface area contributed by atoms with Gasteiger partial charge < -0.3 is 9.72 Å². The van der Waals surface area contributed by atoms with Crippen LogP contribution in [0, 0.1) is 6.92 Å². The van der Waals surface area contributed by atoms with E-state index in [0.29, 0.717) is 5.56 Å². The SMILES string of the molecule is Cc1ccc(NC(=O)c2ccn3cc(-c4ccccc4)nc3c2)cc1. The third kappa shape index (κ3) is 3.15. The summed E-state index contributed by atoms with van der Waals surface area (Å²) in [5.41, 5.74) is 5.20. The Morgan fingerprint density at radius 2 is 1.76 bits per heavy atom. The van der Waals surface area contributed by atoms with E-state index in [2.05, 4.69) is 10.3 Å². The van der Waals surface area contributed by atoms with E-state index in [0.717, 1.165) is 28.2 Å². The van der Waals surface area contributed by atoms with Crippen LogP contribution >= 0.6 is 0 Å². The molecule has 0 atom stereocenters. The van der Waals surface area contributed by atoms with Gasteiger partial charge in [-0.05, 0) is 31.2 Å². The number of pyridine rings is 1. The summed E-state index contributed by atoms with van der Waals surface area (Å²) >= 11 is 0. The van der Waals surface area contributed by atoms with E-state index in [1.807, 2.05) is 78.3 Å². The van der Waals surface area contributed by atoms with E-state index < -0.39 is 0 Å². The Balaban J connectivity index is 1.62. The zero-order chi connectivity index (χ0) is 17.2. The number of carbonyl (C=O) groups excluding carboxylic acids is 1. The molecule has 0 aliphatic heterocycles. The molecule has 2 aromatic carbocycles. The van der Waals surface area contributed by atoms with Crippen LogP contribution in [0.25, 0.3) is 16.9 Å². The third-order valence-electron chi connectivity index (χ3n) is 4.10. The molecule has 4 heteroatoms. The molecule has 1 N–H and O–H groups in total. The van der Waals surface area contributed by atoms with E-state index in [1.165, 1.54) is 0 Å². The topological polar surface area (TPSA) is 46.4 Å². The molecular weight excluding hydrogens is 310 g/mol. The molecule has 0 fully saturated rings. The van der Waals surface area contributed by atoms with Gasteiger partial charge in [-0.1, -0.05) is 48.0 Å². The van der Waals surface area contributed by atoms with Crippen molar-refractivity contribution in [3.05, 3.63) is 90.3 Å². The number of benzene rings is 2. The molecule has 0 radical (unpaired) electrons. The van der Waals surface area contributed by atoms with Gasteiger partial charge in [-0.2, -0.15) is 0 Å². The van der Waals surface area contributed by atoms with Crippen molar-refractivity contribution >= 4 is 17.2 Å². The number of aryl methyl sites for hydroxylation is 1. The van der Waals surface area contributed by atoms with E-state index in [-0.39, 0.29) is 5.91 Å². The Kier molecular flexibility index (Phi) is 3.78. The molecule has 122 valence electrons. The van der Waals surface area contributed by atoms with Gasteiger partial charge in [-0.25, -0.2) is 4.98 Å². The summed E-state index contributed by atoms with van der Waals surface area (Å²) in [6, 6.07) is 21.3. The van der Waals surface area contributed by atoms with Crippen LogP contribution in [0.4, 0.5) is 5.69 Å². The van der Waals surface area contributed by atoms with Gasteiger partial charge in [0.25, 0.3) is 5.91 Å². The standard InChI is InChI=1S/C21H17N3O/c1-15-7-9-18(10-8-15)22-21(25)17-11-12-24-14-19(23-20(24)13-17)16-5-3-2-4-6-16/h2-14H,1H3,(H,22,25). The average Bonchev–Trinajstić information content (AvgIpc) is 3.07. The van der Waals surface area contributed by atoms with Crippen molar-refractivity contribution < 1.29 is 4.79 Å².